The monoisotopic (exact) mass is 1170 g/mol. The summed E-state index contributed by atoms with van der Waals surface area (Å²) in [5.41, 5.74) is 12.0. The third-order valence-corrected chi connectivity index (χ3v) is 22.8. The van der Waals surface area contributed by atoms with Gasteiger partial charge in [-0.25, -0.2) is 0 Å². The van der Waals surface area contributed by atoms with Crippen molar-refractivity contribution in [2.75, 3.05) is 26.2 Å². The topological polar surface area (TPSA) is 13.0 Å². The molecule has 2 saturated heterocycles. The molecule has 2 aliphatic carbocycles. The molecule has 2 saturated carbocycles. The van der Waals surface area contributed by atoms with Crippen LogP contribution in [0.25, 0.3) is 0 Å². The van der Waals surface area contributed by atoms with Gasteiger partial charge < -0.3 is 0 Å². The van der Waals surface area contributed by atoms with Crippen molar-refractivity contribution in [3.8, 4) is 0 Å². The maximum atomic E-state index is 2.67. The van der Waals surface area contributed by atoms with E-state index in [0.29, 0.717) is 59.9 Å². The van der Waals surface area contributed by atoms with Crippen LogP contribution in [0.3, 0.4) is 0 Å². The molecule has 0 radical (unpaired) electrons. The Balaban J connectivity index is 0.000000506. The fourth-order valence-electron chi connectivity index (χ4n) is 17.0. The van der Waals surface area contributed by atoms with Gasteiger partial charge in [-0.1, -0.05) is 163 Å². The van der Waals surface area contributed by atoms with Crippen LogP contribution in [-0.4, -0.2) is 94.1 Å². The quantitative estimate of drug-likeness (QED) is 0.210. The van der Waals surface area contributed by atoms with Crippen LogP contribution in [-0.2, 0) is 0 Å². The second-order valence-corrected chi connectivity index (χ2v) is 32.2. The Morgan fingerprint density at radius 3 is 0.655 bits per heavy atom. The molecule has 4 heteroatoms. The van der Waals surface area contributed by atoms with Gasteiger partial charge in [0, 0.05) is 74.5 Å². The first-order valence-corrected chi connectivity index (χ1v) is 35.9. The fourth-order valence-corrected chi connectivity index (χ4v) is 17.0. The van der Waals surface area contributed by atoms with Crippen molar-refractivity contribution in [1.29, 1.82) is 0 Å². The van der Waals surface area contributed by atoms with Gasteiger partial charge in [0.2, 0.25) is 0 Å². The normalized spacial score (nSPS) is 27.5. The Morgan fingerprint density at radius 2 is 0.512 bits per heavy atom. The van der Waals surface area contributed by atoms with E-state index in [9.17, 15) is 0 Å². The predicted molar refractivity (Wildman–Crippen MR) is 382 cm³/mol. The summed E-state index contributed by atoms with van der Waals surface area (Å²) in [6, 6.07) is 14.3. The summed E-state index contributed by atoms with van der Waals surface area (Å²) < 4.78 is 0. The van der Waals surface area contributed by atoms with Crippen LogP contribution in [0, 0.1) is 98.7 Å². The molecule has 2 aromatic rings. The van der Waals surface area contributed by atoms with Gasteiger partial charge in [0.1, 0.15) is 0 Å². The van der Waals surface area contributed by atoms with Gasteiger partial charge in [0.05, 0.1) is 0 Å². The van der Waals surface area contributed by atoms with Gasteiger partial charge in [-0.3, -0.25) is 19.6 Å². The third-order valence-electron chi connectivity index (χ3n) is 22.8. The van der Waals surface area contributed by atoms with E-state index in [4.69, 9.17) is 0 Å². The number of rotatable bonds is 12. The lowest BCUT2D eigenvalue weighted by molar-refractivity contribution is -0.0691. The maximum Gasteiger partial charge on any atom is 0.0227 e. The molecule has 0 bridgehead atoms. The summed E-state index contributed by atoms with van der Waals surface area (Å²) in [4.78, 5) is 10.5. The summed E-state index contributed by atoms with van der Waals surface area (Å²) in [7, 11) is 0. The number of hydrogen-bond acceptors (Lipinski definition) is 4. The summed E-state index contributed by atoms with van der Waals surface area (Å²) in [5.74, 6) is 13.5. The first-order chi connectivity index (χ1) is 38.7. The molecule has 2 aromatic carbocycles. The van der Waals surface area contributed by atoms with Gasteiger partial charge in [-0.05, 0) is 276 Å². The molecule has 0 amide bonds. The Morgan fingerprint density at radius 1 is 0.298 bits per heavy atom. The summed E-state index contributed by atoms with van der Waals surface area (Å²) in [5, 5.41) is 0. The Kier molecular flexibility index (Phi) is 35.8. The van der Waals surface area contributed by atoms with Crippen LogP contribution >= 0.6 is 0 Å². The highest BCUT2D eigenvalue weighted by Gasteiger charge is 2.45. The van der Waals surface area contributed by atoms with Crippen molar-refractivity contribution < 1.29 is 0 Å². The molecular formula is C80H152N4. The number of hydrogen-bond donors (Lipinski definition) is 0. The van der Waals surface area contributed by atoms with Gasteiger partial charge in [-0.2, -0.15) is 0 Å². The van der Waals surface area contributed by atoms with Gasteiger partial charge in [0.15, 0.2) is 0 Å². The lowest BCUT2D eigenvalue weighted by atomic mass is 9.54. The van der Waals surface area contributed by atoms with Crippen LogP contribution in [0.2, 0.25) is 0 Å². The SMILES string of the molecule is CC(C)C1C(C)C(C)C(C(C)C)C(C)C1C.CC(C)C1CCC(C(C)C)CC1.CC(C)N1C(C)C(C)N(C(C)C)C(C)C1C.CC(C)N1CCN(C(C)C)CC1.CC(C)c1ccc(C(C)C)cc1.Cc1c(C)c(C(C)C)c(C)c(C)c1C(C)C. The molecule has 0 aromatic heterocycles. The van der Waals surface area contributed by atoms with E-state index in [1.807, 2.05) is 0 Å². The first kappa shape index (κ1) is 80.3. The summed E-state index contributed by atoms with van der Waals surface area (Å²) >= 11 is 0. The molecule has 8 atom stereocenters. The summed E-state index contributed by atoms with van der Waals surface area (Å²) in [6.45, 7) is 89.2. The Labute approximate surface area is 529 Å². The molecule has 4 nitrogen and oxygen atoms in total. The average Bonchev–Trinajstić information content (AvgIpc) is 3.61. The van der Waals surface area contributed by atoms with Crippen molar-refractivity contribution in [3.05, 3.63) is 68.8 Å². The minimum Gasteiger partial charge on any atom is -0.298 e. The number of piperazine rings is 2. The van der Waals surface area contributed by atoms with E-state index in [1.165, 1.54) is 85.2 Å². The van der Waals surface area contributed by atoms with Crippen molar-refractivity contribution >= 4 is 0 Å². The molecule has 8 unspecified atom stereocenters. The molecule has 4 aliphatic rings. The molecular weight excluding hydrogens is 1020 g/mol. The van der Waals surface area contributed by atoms with E-state index in [-0.39, 0.29) is 0 Å². The highest BCUT2D eigenvalue weighted by molar-refractivity contribution is 5.52. The third kappa shape index (κ3) is 22.9. The van der Waals surface area contributed by atoms with Gasteiger partial charge >= 0.3 is 0 Å². The molecule has 0 spiro atoms. The highest BCUT2D eigenvalue weighted by Crippen LogP contribution is 2.50. The zero-order valence-corrected chi connectivity index (χ0v) is 63.6. The number of nitrogens with zero attached hydrogens (tertiary/aromatic N) is 4. The lowest BCUT2D eigenvalue weighted by Gasteiger charge is -2.55. The molecule has 2 heterocycles. The van der Waals surface area contributed by atoms with E-state index >= 15 is 0 Å². The second kappa shape index (κ2) is 37.4. The van der Waals surface area contributed by atoms with Crippen LogP contribution < -0.4 is 0 Å². The zero-order chi connectivity index (χ0) is 65.3. The van der Waals surface area contributed by atoms with Crippen LogP contribution in [0.5, 0.6) is 0 Å². The molecule has 6 rings (SSSR count). The molecule has 492 valence electrons. The first-order valence-electron chi connectivity index (χ1n) is 35.9. The zero-order valence-electron chi connectivity index (χ0n) is 63.6. The molecule has 0 N–H and O–H groups in total. The predicted octanol–water partition coefficient (Wildman–Crippen LogP) is 22.7. The van der Waals surface area contributed by atoms with E-state index in [2.05, 4.69) is 293 Å². The average molecular weight is 1170 g/mol. The summed E-state index contributed by atoms with van der Waals surface area (Å²) in [6.07, 6.45) is 5.95. The smallest absolute Gasteiger partial charge is 0.0227 e. The van der Waals surface area contributed by atoms with Crippen molar-refractivity contribution in [1.82, 2.24) is 19.6 Å². The molecule has 2 aliphatic heterocycles. The molecule has 4 fully saturated rings. The fraction of sp³-hybridized carbons (Fsp3) is 0.850. The maximum absolute atomic E-state index is 2.67. The van der Waals surface area contributed by atoms with E-state index in [1.54, 1.807) is 11.1 Å². The lowest BCUT2D eigenvalue weighted by Crippen LogP contribution is -2.68. The van der Waals surface area contributed by atoms with Crippen LogP contribution in [0.1, 0.15) is 315 Å². The largest absolute Gasteiger partial charge is 0.298 e. The van der Waals surface area contributed by atoms with E-state index in [0.717, 1.165) is 83.1 Å². The standard InChI is InChI=1S/C16H32.C16H26.C14H30N2.C12H24.C12H18.C10H22N2/c3*1-9(2)15-11(5)13(7)16(10(3)4)14(8)12(15)6;3*1-9(2)11-5-7-12(8-6-11)10(3)4/h9-16H,1-8H3;9-10H,1-8H3;9-14H,1-8H3;9-12H,5-8H2,1-4H3;5-10H,1-4H3;9-10H,5-8H2,1-4H3. The number of benzene rings is 2. The van der Waals surface area contributed by atoms with E-state index < -0.39 is 0 Å². The molecule has 84 heavy (non-hydrogen) atoms. The van der Waals surface area contributed by atoms with Crippen molar-refractivity contribution in [2.45, 2.75) is 347 Å². The Bertz CT molecular complexity index is 1760. The van der Waals surface area contributed by atoms with Crippen LogP contribution in [0.4, 0.5) is 0 Å². The minimum absolute atomic E-state index is 0.624. The second-order valence-electron chi connectivity index (χ2n) is 32.2. The van der Waals surface area contributed by atoms with Gasteiger partial charge in [0.25, 0.3) is 0 Å². The van der Waals surface area contributed by atoms with Gasteiger partial charge in [-0.15, -0.1) is 0 Å². The van der Waals surface area contributed by atoms with Crippen molar-refractivity contribution in [2.24, 2.45) is 71.0 Å². The highest BCUT2D eigenvalue weighted by atomic mass is 15.4. The minimum atomic E-state index is 0.624. The Hall–Kier alpha value is -1.72. The van der Waals surface area contributed by atoms with Crippen LogP contribution in [0.15, 0.2) is 24.3 Å². The van der Waals surface area contributed by atoms with Crippen molar-refractivity contribution in [3.63, 3.8) is 0 Å².